The van der Waals surface area contributed by atoms with Crippen molar-refractivity contribution in [2.45, 2.75) is 38.6 Å². The fraction of sp³-hybridized carbons (Fsp3) is 0.529. The number of likely N-dealkylation sites (tertiary alicyclic amines) is 1. The summed E-state index contributed by atoms with van der Waals surface area (Å²) in [5.41, 5.74) is 0.735. The highest BCUT2D eigenvalue weighted by atomic mass is 32.1. The number of hydrogen-bond acceptors (Lipinski definition) is 5. The number of nitrogens with one attached hydrogen (secondary N) is 1. The van der Waals surface area contributed by atoms with Crippen molar-refractivity contribution >= 4 is 18.1 Å². The molecule has 3 rings (SSSR count). The zero-order chi connectivity index (χ0) is 17.8. The summed E-state index contributed by atoms with van der Waals surface area (Å²) in [4.78, 5) is 18.7. The van der Waals surface area contributed by atoms with Crippen molar-refractivity contribution in [2.24, 2.45) is 0 Å². The molecule has 0 radical (unpaired) electrons. The van der Waals surface area contributed by atoms with Gasteiger partial charge in [-0.15, -0.1) is 0 Å². The number of amides is 1. The van der Waals surface area contributed by atoms with Crippen LogP contribution in [0.3, 0.4) is 0 Å². The van der Waals surface area contributed by atoms with Crippen LogP contribution in [0.25, 0.3) is 0 Å². The first-order valence-electron chi connectivity index (χ1n) is 8.54. The van der Waals surface area contributed by atoms with Crippen molar-refractivity contribution in [2.75, 3.05) is 20.2 Å². The van der Waals surface area contributed by atoms with E-state index < -0.39 is 0 Å². The number of ether oxygens (including phenoxy) is 1. The van der Waals surface area contributed by atoms with Gasteiger partial charge in [-0.2, -0.15) is 5.10 Å². The van der Waals surface area contributed by atoms with E-state index in [4.69, 9.17) is 17.0 Å². The normalized spacial score (nSPS) is 15.4. The van der Waals surface area contributed by atoms with Gasteiger partial charge in [0, 0.05) is 37.8 Å². The quantitative estimate of drug-likeness (QED) is 0.827. The van der Waals surface area contributed by atoms with Gasteiger partial charge in [-0.1, -0.05) is 0 Å². The molecule has 2 aromatic heterocycles. The van der Waals surface area contributed by atoms with Gasteiger partial charge in [0.25, 0.3) is 0 Å². The Labute approximate surface area is 152 Å². The first-order valence-corrected chi connectivity index (χ1v) is 8.95. The lowest BCUT2D eigenvalue weighted by atomic mass is 9.95. The lowest BCUT2D eigenvalue weighted by molar-refractivity contribution is -0.131. The Hall–Kier alpha value is -2.22. The average molecular weight is 361 g/mol. The SMILES string of the molecule is CCn1c(C2CCN(C(=O)Cc3cc(OC)ccn3)CC2)n[nH]c1=S. The van der Waals surface area contributed by atoms with E-state index in [-0.39, 0.29) is 5.91 Å². The van der Waals surface area contributed by atoms with Crippen LogP contribution in [0.2, 0.25) is 0 Å². The molecule has 0 aliphatic carbocycles. The number of aromatic amines is 1. The van der Waals surface area contributed by atoms with Crippen molar-refractivity contribution in [3.8, 4) is 5.75 Å². The van der Waals surface area contributed by atoms with Gasteiger partial charge < -0.3 is 14.2 Å². The van der Waals surface area contributed by atoms with Crippen LogP contribution in [-0.2, 0) is 17.8 Å². The molecular formula is C17H23N5O2S. The number of rotatable bonds is 5. The van der Waals surface area contributed by atoms with Gasteiger partial charge in [-0.05, 0) is 38.0 Å². The van der Waals surface area contributed by atoms with Crippen LogP contribution in [0.1, 0.15) is 37.2 Å². The Bertz CT molecular complexity index is 792. The molecule has 0 spiro atoms. The Kier molecular flexibility index (Phi) is 5.47. The molecule has 3 heterocycles. The van der Waals surface area contributed by atoms with E-state index >= 15 is 0 Å². The molecular weight excluding hydrogens is 338 g/mol. The highest BCUT2D eigenvalue weighted by Crippen LogP contribution is 2.27. The number of methoxy groups -OCH3 is 1. The van der Waals surface area contributed by atoms with Crippen molar-refractivity contribution in [1.82, 2.24) is 24.6 Å². The summed E-state index contributed by atoms with van der Waals surface area (Å²) in [6, 6.07) is 3.59. The second-order valence-electron chi connectivity index (χ2n) is 6.15. The molecule has 1 N–H and O–H groups in total. The van der Waals surface area contributed by atoms with Crippen LogP contribution in [0.5, 0.6) is 5.75 Å². The van der Waals surface area contributed by atoms with Crippen molar-refractivity contribution < 1.29 is 9.53 Å². The Balaban J connectivity index is 1.59. The third-order valence-electron chi connectivity index (χ3n) is 4.67. The van der Waals surface area contributed by atoms with Gasteiger partial charge >= 0.3 is 0 Å². The first-order chi connectivity index (χ1) is 12.1. The van der Waals surface area contributed by atoms with Gasteiger partial charge in [0.15, 0.2) is 4.77 Å². The molecule has 25 heavy (non-hydrogen) atoms. The second-order valence-corrected chi connectivity index (χ2v) is 6.54. The number of aromatic nitrogens is 4. The molecule has 0 atom stereocenters. The summed E-state index contributed by atoms with van der Waals surface area (Å²) in [5.74, 6) is 2.17. The fourth-order valence-electron chi connectivity index (χ4n) is 3.28. The minimum Gasteiger partial charge on any atom is -0.497 e. The predicted octanol–water partition coefficient (Wildman–Crippen LogP) is 2.31. The minimum absolute atomic E-state index is 0.105. The standard InChI is InChI=1S/C17H23N5O2S/c1-3-22-16(19-20-17(22)25)12-5-8-21(9-6-12)15(23)11-13-10-14(24-2)4-7-18-13/h4,7,10,12H,3,5-6,8-9,11H2,1-2H3,(H,20,25). The highest BCUT2D eigenvalue weighted by Gasteiger charge is 2.27. The Morgan fingerprint density at radius 1 is 1.44 bits per heavy atom. The molecule has 7 nitrogen and oxygen atoms in total. The van der Waals surface area contributed by atoms with Gasteiger partial charge in [0.1, 0.15) is 11.6 Å². The van der Waals surface area contributed by atoms with Gasteiger partial charge in [-0.25, -0.2) is 0 Å². The largest absolute Gasteiger partial charge is 0.497 e. The van der Waals surface area contributed by atoms with E-state index in [9.17, 15) is 4.79 Å². The molecule has 0 aromatic carbocycles. The van der Waals surface area contributed by atoms with E-state index in [0.29, 0.717) is 17.1 Å². The van der Waals surface area contributed by atoms with E-state index in [0.717, 1.165) is 49.7 Å². The van der Waals surface area contributed by atoms with Crippen LogP contribution >= 0.6 is 12.2 Å². The highest BCUT2D eigenvalue weighted by molar-refractivity contribution is 7.71. The van der Waals surface area contributed by atoms with Crippen molar-refractivity contribution in [3.63, 3.8) is 0 Å². The number of piperidine rings is 1. The first kappa shape index (κ1) is 17.6. The summed E-state index contributed by atoms with van der Waals surface area (Å²) in [6.07, 6.45) is 3.77. The van der Waals surface area contributed by atoms with E-state index in [1.54, 1.807) is 19.4 Å². The summed E-state index contributed by atoms with van der Waals surface area (Å²) in [6.45, 7) is 4.34. The summed E-state index contributed by atoms with van der Waals surface area (Å²) in [5, 5.41) is 7.26. The van der Waals surface area contributed by atoms with Gasteiger partial charge in [-0.3, -0.25) is 14.9 Å². The lowest BCUT2D eigenvalue weighted by Crippen LogP contribution is -2.39. The Morgan fingerprint density at radius 2 is 2.20 bits per heavy atom. The van der Waals surface area contributed by atoms with E-state index in [1.165, 1.54) is 0 Å². The van der Waals surface area contributed by atoms with Gasteiger partial charge in [0.2, 0.25) is 5.91 Å². The molecule has 0 bridgehead atoms. The monoisotopic (exact) mass is 361 g/mol. The number of carbonyl (C=O) groups excluding carboxylic acids is 1. The van der Waals surface area contributed by atoms with E-state index in [2.05, 4.69) is 22.1 Å². The zero-order valence-corrected chi connectivity index (χ0v) is 15.4. The number of H-pyrrole nitrogens is 1. The van der Waals surface area contributed by atoms with Crippen molar-refractivity contribution in [3.05, 3.63) is 34.6 Å². The molecule has 0 unspecified atom stereocenters. The maximum absolute atomic E-state index is 12.5. The van der Waals surface area contributed by atoms with Crippen LogP contribution in [-0.4, -0.2) is 50.8 Å². The van der Waals surface area contributed by atoms with E-state index in [1.807, 2.05) is 15.5 Å². The van der Waals surface area contributed by atoms with Crippen LogP contribution < -0.4 is 4.74 Å². The zero-order valence-electron chi connectivity index (χ0n) is 14.6. The summed E-state index contributed by atoms with van der Waals surface area (Å²) < 4.78 is 7.89. The van der Waals surface area contributed by atoms with Crippen LogP contribution in [0, 0.1) is 4.77 Å². The maximum atomic E-state index is 12.5. The third kappa shape index (κ3) is 3.89. The topological polar surface area (TPSA) is 76.0 Å². The molecule has 2 aromatic rings. The minimum atomic E-state index is 0.105. The molecule has 1 fully saturated rings. The summed E-state index contributed by atoms with van der Waals surface area (Å²) >= 11 is 5.26. The second kappa shape index (κ2) is 7.77. The number of pyridine rings is 1. The predicted molar refractivity (Wildman–Crippen MR) is 96.1 cm³/mol. The van der Waals surface area contributed by atoms with Crippen molar-refractivity contribution in [1.29, 1.82) is 0 Å². The molecule has 1 aliphatic rings. The maximum Gasteiger partial charge on any atom is 0.228 e. The van der Waals surface area contributed by atoms with Crippen LogP contribution in [0.4, 0.5) is 0 Å². The van der Waals surface area contributed by atoms with Gasteiger partial charge in [0.05, 0.1) is 19.2 Å². The molecule has 8 heteroatoms. The summed E-state index contributed by atoms with van der Waals surface area (Å²) in [7, 11) is 1.61. The number of nitrogens with zero attached hydrogens (tertiary/aromatic N) is 4. The number of carbonyl (C=O) groups is 1. The molecule has 1 aliphatic heterocycles. The smallest absolute Gasteiger partial charge is 0.228 e. The number of hydrogen-bond donors (Lipinski definition) is 1. The molecule has 134 valence electrons. The van der Waals surface area contributed by atoms with Crippen LogP contribution in [0.15, 0.2) is 18.3 Å². The molecule has 1 amide bonds. The lowest BCUT2D eigenvalue weighted by Gasteiger charge is -2.31. The Morgan fingerprint density at radius 3 is 2.88 bits per heavy atom. The third-order valence-corrected chi connectivity index (χ3v) is 4.98. The average Bonchev–Trinajstić information content (AvgIpc) is 3.02. The molecule has 1 saturated heterocycles. The fourth-order valence-corrected chi connectivity index (χ4v) is 3.55. The molecule has 0 saturated carbocycles.